The van der Waals surface area contributed by atoms with E-state index in [-0.39, 0.29) is 0 Å². The van der Waals surface area contributed by atoms with Gasteiger partial charge in [0.05, 0.1) is 17.1 Å². The fraction of sp³-hybridized carbons (Fsp3) is 0.286. The van der Waals surface area contributed by atoms with Crippen molar-refractivity contribution < 1.29 is 14.3 Å². The molecule has 0 saturated carbocycles. The molecule has 0 radical (unpaired) electrons. The first kappa shape index (κ1) is 18.3. The Hall–Kier alpha value is -3.03. The maximum atomic E-state index is 5.38. The number of hydrogen-bond donors (Lipinski definition) is 1. The molecule has 0 atom stereocenters. The first-order valence-corrected chi connectivity index (χ1v) is 9.04. The van der Waals surface area contributed by atoms with Crippen molar-refractivity contribution >= 4 is 5.71 Å². The fourth-order valence-corrected chi connectivity index (χ4v) is 3.58. The van der Waals surface area contributed by atoms with E-state index in [1.807, 2.05) is 12.1 Å². The summed E-state index contributed by atoms with van der Waals surface area (Å²) >= 11 is 0. The second kappa shape index (κ2) is 7.92. The van der Waals surface area contributed by atoms with Crippen molar-refractivity contribution in [2.24, 2.45) is 5.16 Å². The number of hydrogen-bond acceptors (Lipinski definition) is 6. The van der Waals surface area contributed by atoms with Gasteiger partial charge in [0, 0.05) is 43.3 Å². The standard InChI is InChI=1S/C21H22N4O3/c1-26-21(27-2)20-23-18(13-8-10-22-11-9-13)19(24-20)15-4-6-16-14(12-15)5-7-17(16)25-28-3/h4,6,8-12,21H,5,7H2,1-3H3,(H,23,24). The number of methoxy groups -OCH3 is 2. The van der Waals surface area contributed by atoms with Crippen LogP contribution in [0, 0.1) is 0 Å². The van der Waals surface area contributed by atoms with Crippen LogP contribution in [0.3, 0.4) is 0 Å². The Balaban J connectivity index is 1.82. The highest BCUT2D eigenvalue weighted by Crippen LogP contribution is 2.34. The number of benzene rings is 1. The summed E-state index contributed by atoms with van der Waals surface area (Å²) in [6.07, 6.45) is 4.78. The average molecular weight is 378 g/mol. The number of ether oxygens (including phenoxy) is 2. The molecule has 1 aromatic carbocycles. The first-order chi connectivity index (χ1) is 13.7. The fourth-order valence-electron chi connectivity index (χ4n) is 3.58. The molecule has 4 rings (SSSR count). The van der Waals surface area contributed by atoms with E-state index in [2.05, 4.69) is 33.3 Å². The SMILES string of the molecule is CON=C1CCc2cc(-c3nc(C(OC)OC)[nH]c3-c3ccncc3)ccc21. The Morgan fingerprint density at radius 1 is 1.00 bits per heavy atom. The lowest BCUT2D eigenvalue weighted by molar-refractivity contribution is -0.111. The molecule has 0 saturated heterocycles. The summed E-state index contributed by atoms with van der Waals surface area (Å²) in [6, 6.07) is 10.2. The summed E-state index contributed by atoms with van der Waals surface area (Å²) in [4.78, 5) is 17.2. The van der Waals surface area contributed by atoms with Crippen molar-refractivity contribution in [3.63, 3.8) is 0 Å². The van der Waals surface area contributed by atoms with Crippen LogP contribution in [0.5, 0.6) is 0 Å². The van der Waals surface area contributed by atoms with Gasteiger partial charge in [-0.05, 0) is 36.6 Å². The molecule has 0 aliphatic heterocycles. The lowest BCUT2D eigenvalue weighted by Gasteiger charge is -2.09. The minimum atomic E-state index is -0.566. The molecule has 0 spiro atoms. The van der Waals surface area contributed by atoms with Crippen LogP contribution < -0.4 is 0 Å². The number of aromatic amines is 1. The molecule has 1 aliphatic rings. The minimum absolute atomic E-state index is 0.566. The number of fused-ring (bicyclic) bond motifs is 1. The van der Waals surface area contributed by atoms with Crippen molar-refractivity contribution in [2.45, 2.75) is 19.1 Å². The third kappa shape index (κ3) is 3.30. The van der Waals surface area contributed by atoms with Gasteiger partial charge in [-0.15, -0.1) is 0 Å². The molecule has 0 unspecified atom stereocenters. The number of nitrogens with one attached hydrogen (secondary N) is 1. The molecule has 1 N–H and O–H groups in total. The summed E-state index contributed by atoms with van der Waals surface area (Å²) in [7, 11) is 4.76. The highest BCUT2D eigenvalue weighted by atomic mass is 16.7. The minimum Gasteiger partial charge on any atom is -0.399 e. The predicted molar refractivity (Wildman–Crippen MR) is 106 cm³/mol. The average Bonchev–Trinajstić information content (AvgIpc) is 3.34. The number of aromatic nitrogens is 3. The van der Waals surface area contributed by atoms with E-state index in [0.29, 0.717) is 5.82 Å². The molecule has 2 aromatic heterocycles. The summed E-state index contributed by atoms with van der Waals surface area (Å²) in [5.41, 5.74) is 7.14. The van der Waals surface area contributed by atoms with Crippen LogP contribution in [0.2, 0.25) is 0 Å². The number of H-pyrrole nitrogens is 1. The van der Waals surface area contributed by atoms with Crippen molar-refractivity contribution in [3.8, 4) is 22.5 Å². The maximum absolute atomic E-state index is 5.38. The van der Waals surface area contributed by atoms with E-state index < -0.39 is 6.29 Å². The molecule has 7 nitrogen and oxygen atoms in total. The van der Waals surface area contributed by atoms with Crippen molar-refractivity contribution in [1.29, 1.82) is 0 Å². The van der Waals surface area contributed by atoms with Gasteiger partial charge in [0.2, 0.25) is 6.29 Å². The number of nitrogens with zero attached hydrogens (tertiary/aromatic N) is 3. The molecule has 0 fully saturated rings. The quantitative estimate of drug-likeness (QED) is 0.522. The van der Waals surface area contributed by atoms with Gasteiger partial charge in [-0.3, -0.25) is 4.98 Å². The van der Waals surface area contributed by atoms with Gasteiger partial charge >= 0.3 is 0 Å². The molecule has 0 bridgehead atoms. The summed E-state index contributed by atoms with van der Waals surface area (Å²) in [6.45, 7) is 0. The third-order valence-corrected chi connectivity index (χ3v) is 4.86. The lowest BCUT2D eigenvalue weighted by atomic mass is 10.0. The van der Waals surface area contributed by atoms with E-state index in [1.54, 1.807) is 33.7 Å². The van der Waals surface area contributed by atoms with Crippen molar-refractivity contribution in [1.82, 2.24) is 15.0 Å². The van der Waals surface area contributed by atoms with Crippen LogP contribution in [0.25, 0.3) is 22.5 Å². The second-order valence-corrected chi connectivity index (χ2v) is 6.48. The molecular formula is C21H22N4O3. The number of oxime groups is 1. The topological polar surface area (TPSA) is 81.6 Å². The van der Waals surface area contributed by atoms with Crippen LogP contribution in [-0.4, -0.2) is 42.0 Å². The van der Waals surface area contributed by atoms with Crippen LogP contribution in [0.1, 0.15) is 29.7 Å². The van der Waals surface area contributed by atoms with E-state index >= 15 is 0 Å². The Morgan fingerprint density at radius 3 is 2.50 bits per heavy atom. The Bertz CT molecular complexity index is 994. The monoisotopic (exact) mass is 378 g/mol. The van der Waals surface area contributed by atoms with Crippen molar-refractivity contribution in [2.75, 3.05) is 21.3 Å². The third-order valence-electron chi connectivity index (χ3n) is 4.86. The first-order valence-electron chi connectivity index (χ1n) is 9.04. The molecule has 2 heterocycles. The molecular weight excluding hydrogens is 356 g/mol. The van der Waals surface area contributed by atoms with Gasteiger partial charge < -0.3 is 19.3 Å². The van der Waals surface area contributed by atoms with E-state index in [1.165, 1.54) is 5.56 Å². The highest BCUT2D eigenvalue weighted by molar-refractivity contribution is 6.04. The zero-order valence-corrected chi connectivity index (χ0v) is 16.1. The zero-order chi connectivity index (χ0) is 19.5. The number of pyridine rings is 1. The van der Waals surface area contributed by atoms with Crippen LogP contribution in [0.15, 0.2) is 47.9 Å². The molecule has 0 amide bonds. The number of rotatable bonds is 6. The molecule has 28 heavy (non-hydrogen) atoms. The number of imidazole rings is 1. The van der Waals surface area contributed by atoms with Crippen LogP contribution in [-0.2, 0) is 20.7 Å². The van der Waals surface area contributed by atoms with Crippen LogP contribution >= 0.6 is 0 Å². The number of aryl methyl sites for hydroxylation is 1. The smallest absolute Gasteiger partial charge is 0.216 e. The summed E-state index contributed by atoms with van der Waals surface area (Å²) in [5, 5.41) is 4.14. The van der Waals surface area contributed by atoms with Gasteiger partial charge in [0.25, 0.3) is 0 Å². The molecule has 1 aliphatic carbocycles. The second-order valence-electron chi connectivity index (χ2n) is 6.48. The van der Waals surface area contributed by atoms with Crippen LogP contribution in [0.4, 0.5) is 0 Å². The summed E-state index contributed by atoms with van der Waals surface area (Å²) < 4.78 is 10.8. The maximum Gasteiger partial charge on any atom is 0.216 e. The highest BCUT2D eigenvalue weighted by Gasteiger charge is 2.23. The normalized spacial score (nSPS) is 14.6. The van der Waals surface area contributed by atoms with Gasteiger partial charge in [-0.2, -0.15) is 0 Å². The van der Waals surface area contributed by atoms with Gasteiger partial charge in [-0.1, -0.05) is 17.3 Å². The van der Waals surface area contributed by atoms with Gasteiger partial charge in [-0.25, -0.2) is 4.98 Å². The molecule has 144 valence electrons. The van der Waals surface area contributed by atoms with E-state index in [9.17, 15) is 0 Å². The zero-order valence-electron chi connectivity index (χ0n) is 16.1. The van der Waals surface area contributed by atoms with E-state index in [4.69, 9.17) is 19.3 Å². The largest absolute Gasteiger partial charge is 0.399 e. The molecule has 7 heteroatoms. The lowest BCUT2D eigenvalue weighted by Crippen LogP contribution is -2.05. The van der Waals surface area contributed by atoms with Gasteiger partial charge in [0.1, 0.15) is 7.11 Å². The van der Waals surface area contributed by atoms with Crippen molar-refractivity contribution in [3.05, 3.63) is 59.7 Å². The Kier molecular flexibility index (Phi) is 5.18. The van der Waals surface area contributed by atoms with E-state index in [0.717, 1.165) is 46.6 Å². The Labute approximate surface area is 163 Å². The van der Waals surface area contributed by atoms with Gasteiger partial charge in [0.15, 0.2) is 5.82 Å². The Morgan fingerprint density at radius 2 is 1.79 bits per heavy atom. The predicted octanol–water partition coefficient (Wildman–Crippen LogP) is 3.73. The molecule has 3 aromatic rings. The summed E-state index contributed by atoms with van der Waals surface area (Å²) in [5.74, 6) is 0.619.